The molecule has 154 valence electrons. The summed E-state index contributed by atoms with van der Waals surface area (Å²) in [6.07, 6.45) is 0. The van der Waals surface area contributed by atoms with Crippen LogP contribution in [0.4, 0.5) is 5.69 Å². The molecular weight excluding hydrogens is 430 g/mol. The molecule has 4 rings (SSSR count). The van der Waals surface area contributed by atoms with Gasteiger partial charge in [0.2, 0.25) is 0 Å². The van der Waals surface area contributed by atoms with E-state index in [2.05, 4.69) is 25.8 Å². The second kappa shape index (κ2) is 9.07. The zero-order chi connectivity index (χ0) is 21.8. The molecule has 0 aliphatic rings. The number of nitrogens with zero attached hydrogens (tertiary/aromatic N) is 2. The summed E-state index contributed by atoms with van der Waals surface area (Å²) in [4.78, 5) is 20.4. The number of benzene rings is 3. The molecule has 3 aromatic carbocycles. The molecule has 0 saturated heterocycles. The normalized spacial score (nSPS) is 11.4. The van der Waals surface area contributed by atoms with Gasteiger partial charge in [-0.05, 0) is 61.6 Å². The lowest BCUT2D eigenvalue weighted by Gasteiger charge is -2.07. The fraction of sp³-hybridized carbons (Fsp3) is 0.0435. The molecule has 0 radical (unpaired) electrons. The first-order valence-electron chi connectivity index (χ1n) is 9.46. The fourth-order valence-electron chi connectivity index (χ4n) is 2.96. The molecule has 3 N–H and O–H groups in total. The Labute approximate surface area is 189 Å². The third-order valence-corrected chi connectivity index (χ3v) is 5.00. The maximum absolute atomic E-state index is 12.7. The van der Waals surface area contributed by atoms with Crippen LogP contribution in [0, 0.1) is 0 Å². The highest BCUT2D eigenvalue weighted by molar-refractivity contribution is 7.80. The van der Waals surface area contributed by atoms with Crippen LogP contribution >= 0.6 is 23.8 Å². The summed E-state index contributed by atoms with van der Waals surface area (Å²) in [5, 5.41) is 8.30. The number of imidazole rings is 1. The van der Waals surface area contributed by atoms with Crippen LogP contribution in [0.3, 0.4) is 0 Å². The van der Waals surface area contributed by atoms with Crippen molar-refractivity contribution in [3.05, 3.63) is 94.8 Å². The maximum atomic E-state index is 12.7. The molecule has 1 heterocycles. The number of fused-ring (bicyclic) bond motifs is 1. The number of anilines is 1. The zero-order valence-electron chi connectivity index (χ0n) is 16.5. The Hall–Kier alpha value is -3.55. The molecule has 31 heavy (non-hydrogen) atoms. The van der Waals surface area contributed by atoms with Crippen molar-refractivity contribution >= 4 is 57.1 Å². The fourth-order valence-corrected chi connectivity index (χ4v) is 3.25. The van der Waals surface area contributed by atoms with E-state index in [0.717, 1.165) is 16.7 Å². The maximum Gasteiger partial charge on any atom is 0.193 e. The lowest BCUT2D eigenvalue weighted by atomic mass is 10.0. The van der Waals surface area contributed by atoms with Gasteiger partial charge in [0.15, 0.2) is 16.7 Å². The van der Waals surface area contributed by atoms with Crippen LogP contribution in [0.15, 0.2) is 77.9 Å². The van der Waals surface area contributed by atoms with E-state index in [9.17, 15) is 4.79 Å². The van der Waals surface area contributed by atoms with Crippen LogP contribution in [0.5, 0.6) is 0 Å². The van der Waals surface area contributed by atoms with E-state index in [1.807, 2.05) is 43.3 Å². The lowest BCUT2D eigenvalue weighted by molar-refractivity contribution is 0.103. The van der Waals surface area contributed by atoms with E-state index in [1.54, 1.807) is 36.4 Å². The number of hydrogen-bond acceptors (Lipinski definition) is 4. The predicted molar refractivity (Wildman–Crippen MR) is 129 cm³/mol. The van der Waals surface area contributed by atoms with Crippen molar-refractivity contribution < 1.29 is 4.79 Å². The number of H-pyrrole nitrogens is 1. The Bertz CT molecular complexity index is 1280. The largest absolute Gasteiger partial charge is 0.337 e. The highest BCUT2D eigenvalue weighted by Gasteiger charge is 2.12. The lowest BCUT2D eigenvalue weighted by Crippen LogP contribution is -2.25. The molecule has 0 amide bonds. The molecule has 0 fully saturated rings. The summed E-state index contributed by atoms with van der Waals surface area (Å²) in [6, 6.07) is 21.7. The Morgan fingerprint density at radius 3 is 2.52 bits per heavy atom. The number of thiocarbonyl (C=S) groups is 1. The van der Waals surface area contributed by atoms with E-state index < -0.39 is 0 Å². The smallest absolute Gasteiger partial charge is 0.193 e. The molecule has 0 bridgehead atoms. The number of nitrogens with one attached hydrogen (secondary N) is 3. The second-order valence-electron chi connectivity index (χ2n) is 6.78. The quantitative estimate of drug-likeness (QED) is 0.170. The molecule has 8 heteroatoms. The number of rotatable bonds is 5. The summed E-state index contributed by atoms with van der Waals surface area (Å²) in [5.74, 6) is 0.547. The van der Waals surface area contributed by atoms with Crippen LogP contribution < -0.4 is 10.7 Å². The predicted octanol–water partition coefficient (Wildman–Crippen LogP) is 5.16. The first-order chi connectivity index (χ1) is 15.0. The molecule has 0 spiro atoms. The monoisotopic (exact) mass is 447 g/mol. The highest BCUT2D eigenvalue weighted by atomic mass is 35.5. The van der Waals surface area contributed by atoms with E-state index in [-0.39, 0.29) is 5.78 Å². The van der Waals surface area contributed by atoms with Gasteiger partial charge in [-0.15, -0.1) is 0 Å². The molecule has 0 unspecified atom stereocenters. The van der Waals surface area contributed by atoms with Gasteiger partial charge in [0.25, 0.3) is 0 Å². The molecule has 0 aliphatic heterocycles. The molecule has 0 aliphatic carbocycles. The number of hydrogen-bond donors (Lipinski definition) is 3. The number of hydrazone groups is 1. The molecule has 6 nitrogen and oxygen atoms in total. The van der Waals surface area contributed by atoms with Crippen LogP contribution in [-0.4, -0.2) is 26.6 Å². The van der Waals surface area contributed by atoms with E-state index in [0.29, 0.717) is 32.8 Å². The third-order valence-electron chi connectivity index (χ3n) is 4.55. The Morgan fingerprint density at radius 1 is 1.03 bits per heavy atom. The Kier molecular flexibility index (Phi) is 6.06. The summed E-state index contributed by atoms with van der Waals surface area (Å²) >= 11 is 11.1. The van der Waals surface area contributed by atoms with Gasteiger partial charge in [0.05, 0.1) is 11.0 Å². The van der Waals surface area contributed by atoms with Crippen molar-refractivity contribution in [3.63, 3.8) is 0 Å². The first kappa shape index (κ1) is 20.7. The van der Waals surface area contributed by atoms with Crippen LogP contribution in [-0.2, 0) is 0 Å². The number of halogens is 1. The minimum atomic E-state index is -0.0377. The molecule has 0 saturated carbocycles. The van der Waals surface area contributed by atoms with Crippen LogP contribution in [0.2, 0.25) is 5.02 Å². The van der Waals surface area contributed by atoms with Crippen molar-refractivity contribution in [2.24, 2.45) is 5.10 Å². The van der Waals surface area contributed by atoms with Gasteiger partial charge in [-0.3, -0.25) is 10.2 Å². The highest BCUT2D eigenvalue weighted by Crippen LogP contribution is 2.17. The SMILES string of the molecule is C/C(=N\NC(=S)Nc1ccc(Cl)cc1)c1nc2ccc(C(=O)c3ccccc3)cc2[nH]1. The number of carbonyl (C=O) groups excluding carboxylic acids is 1. The molecular formula is C23H18ClN5OS. The van der Waals surface area contributed by atoms with Gasteiger partial charge in [-0.2, -0.15) is 5.10 Å². The van der Waals surface area contributed by atoms with Crippen LogP contribution in [0.25, 0.3) is 11.0 Å². The number of aromatic nitrogens is 2. The minimum absolute atomic E-state index is 0.0377. The van der Waals surface area contributed by atoms with Crippen molar-refractivity contribution in [2.45, 2.75) is 6.92 Å². The summed E-state index contributed by atoms with van der Waals surface area (Å²) in [5.41, 5.74) is 6.96. The topological polar surface area (TPSA) is 82.2 Å². The van der Waals surface area contributed by atoms with E-state index >= 15 is 0 Å². The Morgan fingerprint density at radius 2 is 1.77 bits per heavy atom. The zero-order valence-corrected chi connectivity index (χ0v) is 18.1. The molecule has 4 aromatic rings. The number of ketones is 1. The van der Waals surface area contributed by atoms with Crippen molar-refractivity contribution in [1.82, 2.24) is 15.4 Å². The number of aromatic amines is 1. The van der Waals surface area contributed by atoms with Crippen LogP contribution in [0.1, 0.15) is 28.7 Å². The summed E-state index contributed by atoms with van der Waals surface area (Å²) in [6.45, 7) is 1.81. The van der Waals surface area contributed by atoms with Gasteiger partial charge < -0.3 is 10.3 Å². The summed E-state index contributed by atoms with van der Waals surface area (Å²) in [7, 11) is 0. The first-order valence-corrected chi connectivity index (χ1v) is 10.2. The minimum Gasteiger partial charge on any atom is -0.337 e. The Balaban J connectivity index is 1.47. The van der Waals surface area contributed by atoms with Gasteiger partial charge >= 0.3 is 0 Å². The molecule has 0 atom stereocenters. The van der Waals surface area contributed by atoms with Gasteiger partial charge in [0, 0.05) is 21.8 Å². The van der Waals surface area contributed by atoms with Gasteiger partial charge in [0.1, 0.15) is 5.71 Å². The van der Waals surface area contributed by atoms with Gasteiger partial charge in [-0.25, -0.2) is 4.98 Å². The van der Waals surface area contributed by atoms with Crippen molar-refractivity contribution in [2.75, 3.05) is 5.32 Å². The summed E-state index contributed by atoms with van der Waals surface area (Å²) < 4.78 is 0. The second-order valence-corrected chi connectivity index (χ2v) is 7.63. The average Bonchev–Trinajstić information content (AvgIpc) is 3.22. The van der Waals surface area contributed by atoms with Crippen molar-refractivity contribution in [1.29, 1.82) is 0 Å². The average molecular weight is 448 g/mol. The van der Waals surface area contributed by atoms with Crippen molar-refractivity contribution in [3.8, 4) is 0 Å². The van der Waals surface area contributed by atoms with E-state index in [4.69, 9.17) is 23.8 Å². The number of carbonyl (C=O) groups is 1. The standard InChI is InChI=1S/C23H18ClN5OS/c1-14(28-29-23(31)25-18-10-8-17(24)9-11-18)22-26-19-12-7-16(13-20(19)27-22)21(30)15-5-3-2-4-6-15/h2-13H,1H3,(H,26,27)(H2,25,29,31)/b28-14+. The van der Waals surface area contributed by atoms with Gasteiger partial charge in [-0.1, -0.05) is 41.9 Å². The van der Waals surface area contributed by atoms with E-state index in [1.165, 1.54) is 0 Å². The molecule has 1 aromatic heterocycles. The third kappa shape index (κ3) is 4.96.